The third-order valence-corrected chi connectivity index (χ3v) is 6.11. The number of benzene rings is 1. The zero-order chi connectivity index (χ0) is 25.6. The quantitative estimate of drug-likeness (QED) is 0.382. The van der Waals surface area contributed by atoms with Gasteiger partial charge in [-0.15, -0.1) is 0 Å². The minimum Gasteiger partial charge on any atom is -0.406 e. The fraction of sp³-hybridized carbons (Fsp3) is 0.269. The van der Waals surface area contributed by atoms with E-state index in [1.165, 1.54) is 0 Å². The molecule has 0 radical (unpaired) electrons. The number of amides is 1. The summed E-state index contributed by atoms with van der Waals surface area (Å²) in [5.74, 6) is 0.560. The second-order valence-electron chi connectivity index (χ2n) is 9.70. The lowest BCUT2D eigenvalue weighted by Gasteiger charge is -2.16. The number of pyridine rings is 1. The van der Waals surface area contributed by atoms with Crippen molar-refractivity contribution in [1.82, 2.24) is 24.5 Å². The summed E-state index contributed by atoms with van der Waals surface area (Å²) in [7, 11) is 3.73. The van der Waals surface area contributed by atoms with E-state index in [2.05, 4.69) is 20.5 Å². The van der Waals surface area contributed by atoms with E-state index < -0.39 is 11.7 Å². The zero-order valence-electron chi connectivity index (χ0n) is 20.8. The summed E-state index contributed by atoms with van der Waals surface area (Å²) in [6.07, 6.45) is 7.24. The first-order valence-electron chi connectivity index (χ1n) is 11.5. The van der Waals surface area contributed by atoms with Crippen molar-refractivity contribution in [2.75, 3.05) is 5.32 Å². The van der Waals surface area contributed by atoms with Crippen LogP contribution >= 0.6 is 11.6 Å². The molecule has 1 amide bonds. The van der Waals surface area contributed by atoms with Crippen molar-refractivity contribution in [2.45, 2.75) is 32.8 Å². The van der Waals surface area contributed by atoms with Gasteiger partial charge < -0.3 is 10.1 Å². The molecule has 1 aliphatic heterocycles. The monoisotopic (exact) mass is 504 g/mol. The average molecular weight is 505 g/mol. The summed E-state index contributed by atoms with van der Waals surface area (Å²) >= 11 is 6.61. The molecular weight excluding hydrogens is 478 g/mol. The molecule has 0 unspecified atom stereocenters. The molecule has 3 aromatic heterocycles. The molecule has 5 rings (SSSR count). The number of aryl methyl sites for hydroxylation is 2. The molecular formula is C26H27ClN7O2+. The van der Waals surface area contributed by atoms with Crippen molar-refractivity contribution in [3.63, 3.8) is 0 Å². The minimum atomic E-state index is -0.642. The molecule has 0 aliphatic carbocycles. The molecule has 4 aromatic rings. The maximum Gasteiger partial charge on any atom is 0.603 e. The highest BCUT2D eigenvalue weighted by atomic mass is 35.5. The number of nitrogens with zero attached hydrogens (tertiary/aromatic N) is 6. The van der Waals surface area contributed by atoms with Crippen LogP contribution in [0.1, 0.15) is 31.9 Å². The molecule has 184 valence electrons. The summed E-state index contributed by atoms with van der Waals surface area (Å²) in [5, 5.41) is 12.3. The van der Waals surface area contributed by atoms with Gasteiger partial charge in [-0.2, -0.15) is 15.0 Å². The Morgan fingerprint density at radius 2 is 1.92 bits per heavy atom. The van der Waals surface area contributed by atoms with Crippen LogP contribution in [0.4, 0.5) is 22.0 Å². The summed E-state index contributed by atoms with van der Waals surface area (Å²) in [5.41, 5.74) is 5.26. The number of ether oxygens (including phenoxy) is 1. The van der Waals surface area contributed by atoms with Crippen molar-refractivity contribution in [1.29, 1.82) is 0 Å². The molecule has 9 nitrogen and oxygen atoms in total. The van der Waals surface area contributed by atoms with Gasteiger partial charge in [0.05, 0.1) is 46.2 Å². The van der Waals surface area contributed by atoms with Crippen LogP contribution in [0.2, 0.25) is 5.02 Å². The number of halogens is 1. The number of carbonyl (C=O) groups excluding carboxylic acids is 1. The Morgan fingerprint density at radius 3 is 2.56 bits per heavy atom. The first kappa shape index (κ1) is 23.7. The standard InChI is InChI=1S/C26H27ClN7O2/c1-26(2,3)36-25(35)34-22(18-14-30-32(4)15-18)11-17-13-28-24(12-23(17)34)31-20-7-6-16(10-19(20)27)21-8-9-29-33(21)5/h6-10,12-15H,11H2,1-5H3,(H,28,31)/q+1. The van der Waals surface area contributed by atoms with Crippen LogP contribution in [0.5, 0.6) is 0 Å². The number of rotatable bonds is 4. The van der Waals surface area contributed by atoms with Gasteiger partial charge in [-0.25, -0.2) is 4.98 Å². The van der Waals surface area contributed by atoms with Gasteiger partial charge >= 0.3 is 6.09 Å². The molecule has 0 saturated heterocycles. The molecule has 1 N–H and O–H groups in total. The fourth-order valence-corrected chi connectivity index (χ4v) is 4.41. The van der Waals surface area contributed by atoms with Crippen LogP contribution in [0.15, 0.2) is 55.1 Å². The van der Waals surface area contributed by atoms with E-state index in [1.807, 2.05) is 71.4 Å². The van der Waals surface area contributed by atoms with Crippen molar-refractivity contribution in [2.24, 2.45) is 14.1 Å². The van der Waals surface area contributed by atoms with Crippen molar-refractivity contribution >= 4 is 40.6 Å². The predicted octanol–water partition coefficient (Wildman–Crippen LogP) is 5.24. The summed E-state index contributed by atoms with van der Waals surface area (Å²) in [6, 6.07) is 9.53. The lowest BCUT2D eigenvalue weighted by molar-refractivity contribution is -0.360. The number of anilines is 2. The Kier molecular flexibility index (Phi) is 5.88. The third kappa shape index (κ3) is 4.61. The van der Waals surface area contributed by atoms with Gasteiger partial charge in [-0.3, -0.25) is 9.36 Å². The smallest absolute Gasteiger partial charge is 0.406 e. The van der Waals surface area contributed by atoms with Gasteiger partial charge in [0.25, 0.3) is 0 Å². The van der Waals surface area contributed by atoms with E-state index >= 15 is 0 Å². The number of aromatic nitrogens is 5. The van der Waals surface area contributed by atoms with Crippen molar-refractivity contribution < 1.29 is 14.1 Å². The molecule has 0 fully saturated rings. The molecule has 0 spiro atoms. The van der Waals surface area contributed by atoms with Gasteiger partial charge in [-0.05, 0) is 39.0 Å². The lowest BCUT2D eigenvalue weighted by atomic mass is 10.1. The van der Waals surface area contributed by atoms with Crippen LogP contribution in [-0.2, 0) is 25.3 Å². The van der Waals surface area contributed by atoms with E-state index in [1.54, 1.807) is 32.5 Å². The van der Waals surface area contributed by atoms with Crippen LogP contribution < -0.4 is 5.32 Å². The minimum absolute atomic E-state index is 0.448. The maximum atomic E-state index is 13.3. The molecule has 1 aromatic carbocycles. The second kappa shape index (κ2) is 8.91. The van der Waals surface area contributed by atoms with Crippen molar-refractivity contribution in [3.8, 4) is 11.3 Å². The van der Waals surface area contributed by atoms with Crippen LogP contribution in [0.25, 0.3) is 11.3 Å². The Labute approximate surface area is 214 Å². The van der Waals surface area contributed by atoms with Gasteiger partial charge in [0.15, 0.2) is 0 Å². The number of nitrogens with one attached hydrogen (secondary N) is 1. The van der Waals surface area contributed by atoms with Gasteiger partial charge in [-0.1, -0.05) is 22.2 Å². The zero-order valence-corrected chi connectivity index (χ0v) is 21.5. The van der Waals surface area contributed by atoms with E-state index in [4.69, 9.17) is 16.3 Å². The Bertz CT molecular complexity index is 1510. The van der Waals surface area contributed by atoms with E-state index in [9.17, 15) is 4.79 Å². The molecule has 0 saturated carbocycles. The highest BCUT2D eigenvalue weighted by Gasteiger charge is 2.40. The van der Waals surface area contributed by atoms with Crippen LogP contribution in [0.3, 0.4) is 0 Å². The molecule has 0 atom stereocenters. The molecule has 4 heterocycles. The summed E-state index contributed by atoms with van der Waals surface area (Å²) < 4.78 is 10.9. The van der Waals surface area contributed by atoms with E-state index in [0.717, 1.165) is 28.1 Å². The van der Waals surface area contributed by atoms with Gasteiger partial charge in [0.1, 0.15) is 11.4 Å². The Morgan fingerprint density at radius 1 is 1.11 bits per heavy atom. The molecule has 36 heavy (non-hydrogen) atoms. The van der Waals surface area contributed by atoms with E-state index in [-0.39, 0.29) is 0 Å². The number of fused-ring (bicyclic) bond motifs is 1. The highest BCUT2D eigenvalue weighted by Crippen LogP contribution is 2.34. The van der Waals surface area contributed by atoms with Gasteiger partial charge in [0, 0.05) is 38.2 Å². The normalized spacial score (nSPS) is 13.2. The predicted molar refractivity (Wildman–Crippen MR) is 138 cm³/mol. The third-order valence-electron chi connectivity index (χ3n) is 5.79. The summed E-state index contributed by atoms with van der Waals surface area (Å²) in [6.45, 7) is 5.55. The number of hydrogen-bond acceptors (Lipinski definition) is 6. The highest BCUT2D eigenvalue weighted by molar-refractivity contribution is 6.33. The topological polar surface area (TPSA) is 89.9 Å². The first-order chi connectivity index (χ1) is 17.1. The fourth-order valence-electron chi connectivity index (χ4n) is 4.18. The molecule has 1 aliphatic rings. The lowest BCUT2D eigenvalue weighted by Crippen LogP contribution is -2.30. The average Bonchev–Trinajstić information content (AvgIpc) is 3.51. The summed E-state index contributed by atoms with van der Waals surface area (Å²) in [4.78, 5) is 17.9. The first-order valence-corrected chi connectivity index (χ1v) is 11.9. The van der Waals surface area contributed by atoms with Crippen LogP contribution in [0, 0.1) is 0 Å². The Hall–Kier alpha value is -3.98. The van der Waals surface area contributed by atoms with Crippen molar-refractivity contribution in [3.05, 3.63) is 71.3 Å². The number of carbonyl (C=O) groups is 1. The number of hydrogen-bond donors (Lipinski definition) is 1. The molecule has 10 heteroatoms. The second-order valence-corrected chi connectivity index (χ2v) is 10.1. The van der Waals surface area contributed by atoms with Crippen LogP contribution in [-0.4, -0.2) is 46.5 Å². The largest absolute Gasteiger partial charge is 0.603 e. The SMILES string of the molecule is Cn1cc(C2=[N+](C(=O)OC(C)(C)C)c3cc(Nc4ccc(-c5ccnn5C)cc4Cl)ncc3C2)cn1. The Balaban J connectivity index is 1.50. The van der Waals surface area contributed by atoms with Gasteiger partial charge in [0.2, 0.25) is 11.4 Å². The maximum absolute atomic E-state index is 13.3. The molecule has 0 bridgehead atoms. The van der Waals surface area contributed by atoms with E-state index in [0.29, 0.717) is 28.6 Å².